The molecule has 0 fully saturated rings. The van der Waals surface area contributed by atoms with Crippen molar-refractivity contribution in [3.05, 3.63) is 40.2 Å². The number of aryl methyl sites for hydroxylation is 1. The Bertz CT molecular complexity index is 648. The standard InChI is InChI=1S/C18H25NO3/c1-14-12-18(20)22-17-13-15(8-9-16(14)17)21-11-7-5-3-2-4-6-10-19/h8-9,12-13H,2-7,10-11,19H2,1H3. The largest absolute Gasteiger partial charge is 0.493 e. The first-order valence-corrected chi connectivity index (χ1v) is 8.08. The highest BCUT2D eigenvalue weighted by atomic mass is 16.5. The van der Waals surface area contributed by atoms with Gasteiger partial charge in [-0.05, 0) is 44.0 Å². The average molecular weight is 303 g/mol. The molecule has 1 aromatic heterocycles. The fraction of sp³-hybridized carbons (Fsp3) is 0.500. The summed E-state index contributed by atoms with van der Waals surface area (Å²) in [5.41, 5.74) is 6.66. The van der Waals surface area contributed by atoms with Crippen molar-refractivity contribution in [2.24, 2.45) is 5.73 Å². The van der Waals surface area contributed by atoms with Gasteiger partial charge in [-0.2, -0.15) is 0 Å². The summed E-state index contributed by atoms with van der Waals surface area (Å²) in [6, 6.07) is 7.17. The van der Waals surface area contributed by atoms with E-state index < -0.39 is 0 Å². The number of rotatable bonds is 9. The molecule has 4 heteroatoms. The SMILES string of the molecule is Cc1cc(=O)oc2cc(OCCCCCCCCN)ccc12. The minimum atomic E-state index is -0.320. The molecule has 0 unspecified atom stereocenters. The van der Waals surface area contributed by atoms with E-state index in [0.717, 1.165) is 36.1 Å². The number of hydrogen-bond acceptors (Lipinski definition) is 4. The smallest absolute Gasteiger partial charge is 0.336 e. The van der Waals surface area contributed by atoms with Crippen LogP contribution in [0.4, 0.5) is 0 Å². The van der Waals surface area contributed by atoms with Gasteiger partial charge in [0, 0.05) is 17.5 Å². The van der Waals surface area contributed by atoms with E-state index in [1.807, 2.05) is 19.1 Å². The molecule has 1 heterocycles. The lowest BCUT2D eigenvalue weighted by atomic mass is 10.1. The first kappa shape index (κ1) is 16.6. The van der Waals surface area contributed by atoms with Crippen molar-refractivity contribution in [3.63, 3.8) is 0 Å². The summed E-state index contributed by atoms with van der Waals surface area (Å²) in [5.74, 6) is 0.754. The molecule has 4 nitrogen and oxygen atoms in total. The Balaban J connectivity index is 1.79. The number of fused-ring (bicyclic) bond motifs is 1. The lowest BCUT2D eigenvalue weighted by Gasteiger charge is -2.07. The molecule has 0 atom stereocenters. The van der Waals surface area contributed by atoms with Crippen LogP contribution in [0.1, 0.15) is 44.1 Å². The maximum absolute atomic E-state index is 11.4. The summed E-state index contributed by atoms with van der Waals surface area (Å²) in [5, 5.41) is 0.951. The van der Waals surface area contributed by atoms with Crippen LogP contribution in [-0.2, 0) is 0 Å². The van der Waals surface area contributed by atoms with Gasteiger partial charge in [-0.3, -0.25) is 0 Å². The second-order valence-electron chi connectivity index (χ2n) is 5.66. The number of benzene rings is 1. The van der Waals surface area contributed by atoms with Gasteiger partial charge in [0.25, 0.3) is 0 Å². The Kier molecular flexibility index (Phi) is 6.46. The van der Waals surface area contributed by atoms with E-state index in [4.69, 9.17) is 14.9 Å². The quantitative estimate of drug-likeness (QED) is 0.565. The van der Waals surface area contributed by atoms with Gasteiger partial charge >= 0.3 is 5.63 Å². The summed E-state index contributed by atoms with van der Waals surface area (Å²) < 4.78 is 11.0. The van der Waals surface area contributed by atoms with Gasteiger partial charge in [0.2, 0.25) is 0 Å². The molecule has 1 aromatic carbocycles. The van der Waals surface area contributed by atoms with Gasteiger partial charge in [0.05, 0.1) is 6.61 Å². The number of ether oxygens (including phenoxy) is 1. The van der Waals surface area contributed by atoms with Crippen molar-refractivity contribution in [3.8, 4) is 5.75 Å². The van der Waals surface area contributed by atoms with Crippen LogP contribution >= 0.6 is 0 Å². The van der Waals surface area contributed by atoms with E-state index in [1.165, 1.54) is 31.7 Å². The Labute approximate surface area is 131 Å². The van der Waals surface area contributed by atoms with Crippen LogP contribution in [0.25, 0.3) is 11.0 Å². The van der Waals surface area contributed by atoms with Crippen molar-refractivity contribution in [2.75, 3.05) is 13.2 Å². The molecule has 0 radical (unpaired) electrons. The molecule has 0 amide bonds. The maximum Gasteiger partial charge on any atom is 0.336 e. The van der Waals surface area contributed by atoms with Crippen LogP contribution in [-0.4, -0.2) is 13.2 Å². The third-order valence-corrected chi connectivity index (χ3v) is 3.79. The Morgan fingerprint density at radius 2 is 1.77 bits per heavy atom. The minimum absolute atomic E-state index is 0.320. The predicted octanol–water partition coefficient (Wildman–Crippen LogP) is 3.78. The fourth-order valence-electron chi connectivity index (χ4n) is 2.54. The Morgan fingerprint density at radius 3 is 2.55 bits per heavy atom. The zero-order chi connectivity index (χ0) is 15.8. The van der Waals surface area contributed by atoms with Gasteiger partial charge in [-0.15, -0.1) is 0 Å². The zero-order valence-electron chi connectivity index (χ0n) is 13.3. The van der Waals surface area contributed by atoms with Crippen LogP contribution in [0.15, 0.2) is 33.5 Å². The molecule has 2 aromatic rings. The lowest BCUT2D eigenvalue weighted by molar-refractivity contribution is 0.304. The van der Waals surface area contributed by atoms with Crippen molar-refractivity contribution >= 4 is 11.0 Å². The highest BCUT2D eigenvalue weighted by molar-refractivity contribution is 5.81. The van der Waals surface area contributed by atoms with Gasteiger partial charge in [-0.1, -0.05) is 25.7 Å². The Morgan fingerprint density at radius 1 is 1.05 bits per heavy atom. The predicted molar refractivity (Wildman–Crippen MR) is 89.5 cm³/mol. The van der Waals surface area contributed by atoms with E-state index in [0.29, 0.717) is 12.2 Å². The van der Waals surface area contributed by atoms with Crippen LogP contribution in [0.5, 0.6) is 5.75 Å². The molecule has 2 rings (SSSR count). The molecule has 0 aliphatic carbocycles. The van der Waals surface area contributed by atoms with Crippen molar-refractivity contribution in [1.29, 1.82) is 0 Å². The van der Waals surface area contributed by atoms with Crippen molar-refractivity contribution in [2.45, 2.75) is 45.4 Å². The van der Waals surface area contributed by atoms with E-state index >= 15 is 0 Å². The average Bonchev–Trinajstić information content (AvgIpc) is 2.49. The summed E-state index contributed by atoms with van der Waals surface area (Å²) in [4.78, 5) is 11.4. The summed E-state index contributed by atoms with van der Waals surface area (Å²) in [6.07, 6.45) is 7.04. The summed E-state index contributed by atoms with van der Waals surface area (Å²) in [7, 11) is 0. The van der Waals surface area contributed by atoms with Crippen LogP contribution in [0, 0.1) is 6.92 Å². The first-order chi connectivity index (χ1) is 10.7. The topological polar surface area (TPSA) is 65.5 Å². The zero-order valence-corrected chi connectivity index (χ0v) is 13.3. The van der Waals surface area contributed by atoms with E-state index in [9.17, 15) is 4.79 Å². The molecule has 0 bridgehead atoms. The second-order valence-corrected chi connectivity index (χ2v) is 5.66. The summed E-state index contributed by atoms with van der Waals surface area (Å²) >= 11 is 0. The minimum Gasteiger partial charge on any atom is -0.493 e. The van der Waals surface area contributed by atoms with Crippen molar-refractivity contribution < 1.29 is 9.15 Å². The van der Waals surface area contributed by atoms with Gasteiger partial charge in [0.15, 0.2) is 0 Å². The molecule has 0 aliphatic heterocycles. The highest BCUT2D eigenvalue weighted by Gasteiger charge is 2.04. The molecule has 0 spiro atoms. The van der Waals surface area contributed by atoms with Crippen LogP contribution in [0.3, 0.4) is 0 Å². The molecule has 0 saturated carbocycles. The second kappa shape index (κ2) is 8.59. The molecular weight excluding hydrogens is 278 g/mol. The van der Waals surface area contributed by atoms with Gasteiger partial charge < -0.3 is 14.9 Å². The van der Waals surface area contributed by atoms with Gasteiger partial charge in [-0.25, -0.2) is 4.79 Å². The molecule has 120 valence electrons. The van der Waals surface area contributed by atoms with Crippen molar-refractivity contribution in [1.82, 2.24) is 0 Å². The maximum atomic E-state index is 11.4. The van der Waals surface area contributed by atoms with E-state index in [2.05, 4.69) is 0 Å². The van der Waals surface area contributed by atoms with Gasteiger partial charge in [0.1, 0.15) is 11.3 Å². The lowest BCUT2D eigenvalue weighted by Crippen LogP contribution is -2.00. The highest BCUT2D eigenvalue weighted by Crippen LogP contribution is 2.22. The number of nitrogens with two attached hydrogens (primary N) is 1. The normalized spacial score (nSPS) is 11.0. The number of hydrogen-bond donors (Lipinski definition) is 1. The third kappa shape index (κ3) is 4.88. The molecule has 0 aliphatic rings. The number of unbranched alkanes of at least 4 members (excludes halogenated alkanes) is 5. The molecule has 0 saturated heterocycles. The molecule has 22 heavy (non-hydrogen) atoms. The van der Waals surface area contributed by atoms with E-state index in [-0.39, 0.29) is 5.63 Å². The first-order valence-electron chi connectivity index (χ1n) is 8.08. The fourth-order valence-corrected chi connectivity index (χ4v) is 2.54. The van der Waals surface area contributed by atoms with Crippen LogP contribution in [0.2, 0.25) is 0 Å². The third-order valence-electron chi connectivity index (χ3n) is 3.79. The monoisotopic (exact) mass is 303 g/mol. The Hall–Kier alpha value is -1.81. The van der Waals surface area contributed by atoms with E-state index in [1.54, 1.807) is 6.07 Å². The molecule has 2 N–H and O–H groups in total. The summed E-state index contributed by atoms with van der Waals surface area (Å²) in [6.45, 7) is 3.39. The van der Waals surface area contributed by atoms with Crippen LogP contribution < -0.4 is 16.1 Å². The molecular formula is C18H25NO3.